The van der Waals surface area contributed by atoms with Gasteiger partial charge in [-0.15, -0.1) is 11.8 Å². The Morgan fingerprint density at radius 2 is 1.85 bits per heavy atom. The molecule has 0 saturated carbocycles. The Hall–Kier alpha value is -1.89. The molecule has 1 amide bonds. The fourth-order valence-corrected chi connectivity index (χ4v) is 3.80. The van der Waals surface area contributed by atoms with Gasteiger partial charge in [0.05, 0.1) is 32.4 Å². The van der Waals surface area contributed by atoms with Gasteiger partial charge in [-0.1, -0.05) is 20.8 Å². The molecule has 0 fully saturated rings. The maximum Gasteiger partial charge on any atom is 0.305 e. The number of hydrogen-bond donors (Lipinski definition) is 1. The lowest BCUT2D eigenvalue weighted by molar-refractivity contribution is -0.140. The van der Waals surface area contributed by atoms with Gasteiger partial charge in [0.25, 0.3) is 0 Å². The summed E-state index contributed by atoms with van der Waals surface area (Å²) in [6, 6.07) is 3.19. The van der Waals surface area contributed by atoms with Crippen molar-refractivity contribution < 1.29 is 24.2 Å². The fraction of sp³-hybridized carbons (Fsp3) is 0.579. The summed E-state index contributed by atoms with van der Waals surface area (Å²) in [5.74, 6) is 0.529. The molecule has 26 heavy (non-hydrogen) atoms. The Balaban J connectivity index is 2.35. The molecule has 0 radical (unpaired) electrons. The normalized spacial score (nSPS) is 16.8. The molecule has 1 aliphatic heterocycles. The van der Waals surface area contributed by atoms with E-state index >= 15 is 0 Å². The molecule has 1 aromatic rings. The van der Waals surface area contributed by atoms with Crippen LogP contribution in [0, 0.1) is 0 Å². The minimum atomic E-state index is -0.932. The summed E-state index contributed by atoms with van der Waals surface area (Å²) in [5.41, 5.74) is 1.83. The van der Waals surface area contributed by atoms with E-state index in [0.29, 0.717) is 30.2 Å². The van der Waals surface area contributed by atoms with Crippen LogP contribution in [0.15, 0.2) is 12.1 Å². The van der Waals surface area contributed by atoms with Crippen LogP contribution in [0.3, 0.4) is 0 Å². The second kappa shape index (κ2) is 8.20. The molecule has 0 bridgehead atoms. The molecular formula is C19H27NO5S. The van der Waals surface area contributed by atoms with Gasteiger partial charge in [-0.2, -0.15) is 0 Å². The van der Waals surface area contributed by atoms with Crippen molar-refractivity contribution in [1.82, 2.24) is 4.90 Å². The van der Waals surface area contributed by atoms with E-state index in [1.807, 2.05) is 6.07 Å². The standard InChI is InChI=1S/C19H27NO5S/c1-19(2,3)26-11-17(21)20-7-6-12-8-15(24-4)16(25-5)9-13(12)14(20)10-18(22)23/h8-9,14H,6-7,10-11H2,1-5H3,(H,22,23). The number of amides is 1. The van der Waals surface area contributed by atoms with E-state index in [2.05, 4.69) is 20.8 Å². The van der Waals surface area contributed by atoms with E-state index in [4.69, 9.17) is 9.47 Å². The van der Waals surface area contributed by atoms with Crippen molar-refractivity contribution >= 4 is 23.6 Å². The lowest BCUT2D eigenvalue weighted by atomic mass is 9.90. The van der Waals surface area contributed by atoms with Crippen LogP contribution >= 0.6 is 11.8 Å². The second-order valence-electron chi connectivity index (χ2n) is 7.26. The smallest absolute Gasteiger partial charge is 0.305 e. The third kappa shape index (κ3) is 4.84. The van der Waals surface area contributed by atoms with E-state index in [1.165, 1.54) is 0 Å². The molecule has 144 valence electrons. The topological polar surface area (TPSA) is 76.1 Å². The monoisotopic (exact) mass is 381 g/mol. The molecular weight excluding hydrogens is 354 g/mol. The molecule has 7 heteroatoms. The van der Waals surface area contributed by atoms with Crippen LogP contribution in [0.5, 0.6) is 11.5 Å². The Labute approximate surface area is 158 Å². The minimum absolute atomic E-state index is 0.0256. The zero-order valence-electron chi connectivity index (χ0n) is 16.0. The van der Waals surface area contributed by atoms with Crippen molar-refractivity contribution in [2.24, 2.45) is 0 Å². The second-order valence-corrected chi connectivity index (χ2v) is 9.06. The van der Waals surface area contributed by atoms with Crippen LogP contribution in [-0.2, 0) is 16.0 Å². The van der Waals surface area contributed by atoms with E-state index in [0.717, 1.165) is 11.1 Å². The number of fused-ring (bicyclic) bond motifs is 1. The lowest BCUT2D eigenvalue weighted by Crippen LogP contribution is -2.42. The summed E-state index contributed by atoms with van der Waals surface area (Å²) in [6.07, 6.45) is 0.534. The summed E-state index contributed by atoms with van der Waals surface area (Å²) < 4.78 is 10.7. The first-order valence-corrected chi connectivity index (χ1v) is 9.55. The van der Waals surface area contributed by atoms with Crippen LogP contribution in [0.4, 0.5) is 0 Å². The van der Waals surface area contributed by atoms with Crippen molar-refractivity contribution in [2.45, 2.75) is 44.4 Å². The number of aliphatic carboxylic acids is 1. The largest absolute Gasteiger partial charge is 0.493 e. The van der Waals surface area contributed by atoms with Crippen molar-refractivity contribution in [3.63, 3.8) is 0 Å². The maximum absolute atomic E-state index is 12.8. The van der Waals surface area contributed by atoms with Gasteiger partial charge >= 0.3 is 5.97 Å². The molecule has 2 rings (SSSR count). The highest BCUT2D eigenvalue weighted by atomic mass is 32.2. The molecule has 0 spiro atoms. The zero-order chi connectivity index (χ0) is 19.5. The zero-order valence-corrected chi connectivity index (χ0v) is 16.8. The highest BCUT2D eigenvalue weighted by molar-refractivity contribution is 8.01. The quantitative estimate of drug-likeness (QED) is 0.816. The first kappa shape index (κ1) is 20.4. The number of methoxy groups -OCH3 is 2. The van der Waals surface area contributed by atoms with Gasteiger partial charge in [-0.05, 0) is 29.7 Å². The van der Waals surface area contributed by atoms with Gasteiger partial charge in [-0.25, -0.2) is 0 Å². The van der Waals surface area contributed by atoms with E-state index in [9.17, 15) is 14.7 Å². The molecule has 1 N–H and O–H groups in total. The Bertz CT molecular complexity index is 683. The molecule has 1 aliphatic rings. The number of ether oxygens (including phenoxy) is 2. The van der Waals surface area contributed by atoms with E-state index in [-0.39, 0.29) is 17.1 Å². The highest BCUT2D eigenvalue weighted by Gasteiger charge is 2.34. The van der Waals surface area contributed by atoms with Crippen LogP contribution in [0.2, 0.25) is 0 Å². The van der Waals surface area contributed by atoms with Crippen molar-refractivity contribution in [2.75, 3.05) is 26.5 Å². The van der Waals surface area contributed by atoms with Gasteiger partial charge < -0.3 is 19.5 Å². The predicted octanol–water partition coefficient (Wildman–Crippen LogP) is 3.14. The van der Waals surface area contributed by atoms with Gasteiger partial charge in [0.2, 0.25) is 5.91 Å². The molecule has 1 unspecified atom stereocenters. The lowest BCUT2D eigenvalue weighted by Gasteiger charge is -2.37. The third-order valence-electron chi connectivity index (χ3n) is 4.32. The van der Waals surface area contributed by atoms with Crippen LogP contribution < -0.4 is 9.47 Å². The maximum atomic E-state index is 12.8. The first-order chi connectivity index (χ1) is 12.2. The number of nitrogens with zero attached hydrogens (tertiary/aromatic N) is 1. The molecule has 1 atom stereocenters. The van der Waals surface area contributed by atoms with E-state index < -0.39 is 12.0 Å². The minimum Gasteiger partial charge on any atom is -0.493 e. The Kier molecular flexibility index (Phi) is 6.44. The van der Waals surface area contributed by atoms with Crippen molar-refractivity contribution in [1.29, 1.82) is 0 Å². The average Bonchev–Trinajstić information content (AvgIpc) is 2.57. The molecule has 6 nitrogen and oxygen atoms in total. The molecule has 0 saturated heterocycles. The number of benzene rings is 1. The average molecular weight is 381 g/mol. The van der Waals surface area contributed by atoms with Crippen molar-refractivity contribution in [3.8, 4) is 11.5 Å². The number of carbonyl (C=O) groups is 2. The summed E-state index contributed by atoms with van der Waals surface area (Å²) in [6.45, 7) is 6.68. The SMILES string of the molecule is COc1cc2c(cc1OC)C(CC(=O)O)N(C(=O)CSC(C)(C)C)CC2. The number of rotatable bonds is 6. The molecule has 1 heterocycles. The molecule has 0 aromatic heterocycles. The van der Waals surface area contributed by atoms with Crippen LogP contribution in [0.1, 0.15) is 44.4 Å². The molecule has 0 aliphatic carbocycles. The number of thioether (sulfide) groups is 1. The number of carboxylic acid groups (broad SMARTS) is 1. The number of carbonyl (C=O) groups excluding carboxylic acids is 1. The summed E-state index contributed by atoms with van der Waals surface area (Å²) >= 11 is 1.57. The summed E-state index contributed by atoms with van der Waals surface area (Å²) in [5, 5.41) is 9.38. The predicted molar refractivity (Wildman–Crippen MR) is 102 cm³/mol. The van der Waals surface area contributed by atoms with Gasteiger partial charge in [0.15, 0.2) is 11.5 Å². The van der Waals surface area contributed by atoms with Crippen molar-refractivity contribution in [3.05, 3.63) is 23.3 Å². The van der Waals surface area contributed by atoms with Gasteiger partial charge in [0, 0.05) is 11.3 Å². The molecule has 1 aromatic carbocycles. The van der Waals surface area contributed by atoms with Gasteiger partial charge in [0.1, 0.15) is 0 Å². The summed E-state index contributed by atoms with van der Waals surface area (Å²) in [4.78, 5) is 25.9. The number of carboxylic acids is 1. The first-order valence-electron chi connectivity index (χ1n) is 8.56. The Morgan fingerprint density at radius 1 is 1.23 bits per heavy atom. The third-order valence-corrected chi connectivity index (χ3v) is 5.58. The van der Waals surface area contributed by atoms with E-state index in [1.54, 1.807) is 36.9 Å². The number of hydrogen-bond acceptors (Lipinski definition) is 5. The van der Waals surface area contributed by atoms with Gasteiger partial charge in [-0.3, -0.25) is 9.59 Å². The Morgan fingerprint density at radius 3 is 2.38 bits per heavy atom. The fourth-order valence-electron chi connectivity index (χ4n) is 3.07. The van der Waals surface area contributed by atoms with Crippen LogP contribution in [0.25, 0.3) is 0 Å². The van der Waals surface area contributed by atoms with Crippen LogP contribution in [-0.4, -0.2) is 53.1 Å². The summed E-state index contributed by atoms with van der Waals surface area (Å²) in [7, 11) is 3.11. The highest BCUT2D eigenvalue weighted by Crippen LogP contribution is 2.40.